The number of hydrogen-bond acceptors (Lipinski definition) is 5. The number of nitrogens with zero attached hydrogens (tertiary/aromatic N) is 4. The standard InChI is InChI=1S/C20H17N5O2/c1-27-19-6-2-5-16(24-19)20-15(4-3-9-22-20)13-7-8-18-23-11-14(10-17(21)26)25(18)12-13/h2-9,11-12H,10H2,1H3,(H2,21,26). The zero-order chi connectivity index (χ0) is 18.8. The number of nitrogens with two attached hydrogens (primary N) is 1. The lowest BCUT2D eigenvalue weighted by Gasteiger charge is -2.10. The molecule has 0 aliphatic rings. The first-order chi connectivity index (χ1) is 13.2. The second-order valence-corrected chi connectivity index (χ2v) is 6.00. The lowest BCUT2D eigenvalue weighted by Crippen LogP contribution is -2.14. The van der Waals surface area contributed by atoms with E-state index in [1.54, 1.807) is 25.6 Å². The summed E-state index contributed by atoms with van der Waals surface area (Å²) in [6.07, 6.45) is 5.45. The van der Waals surface area contributed by atoms with Gasteiger partial charge in [-0.25, -0.2) is 9.97 Å². The van der Waals surface area contributed by atoms with Gasteiger partial charge in [-0.05, 0) is 24.3 Å². The molecule has 0 spiro atoms. The van der Waals surface area contributed by atoms with Crippen molar-refractivity contribution in [3.05, 3.63) is 66.7 Å². The molecular weight excluding hydrogens is 342 g/mol. The predicted molar refractivity (Wildman–Crippen MR) is 101 cm³/mol. The van der Waals surface area contributed by atoms with Crippen molar-refractivity contribution in [3.8, 4) is 28.4 Å². The highest BCUT2D eigenvalue weighted by atomic mass is 16.5. The Morgan fingerprint density at radius 3 is 2.85 bits per heavy atom. The van der Waals surface area contributed by atoms with E-state index in [1.807, 2.05) is 47.0 Å². The molecule has 4 aromatic rings. The molecule has 7 nitrogen and oxygen atoms in total. The number of rotatable bonds is 5. The zero-order valence-corrected chi connectivity index (χ0v) is 14.7. The lowest BCUT2D eigenvalue weighted by molar-refractivity contribution is -0.117. The van der Waals surface area contributed by atoms with Crippen LogP contribution in [0.1, 0.15) is 5.69 Å². The number of amides is 1. The molecule has 0 saturated carbocycles. The largest absolute Gasteiger partial charge is 0.481 e. The van der Waals surface area contributed by atoms with Gasteiger partial charge in [-0.15, -0.1) is 0 Å². The number of primary amides is 1. The molecule has 0 aromatic carbocycles. The van der Waals surface area contributed by atoms with Gasteiger partial charge in [0.05, 0.1) is 30.6 Å². The minimum absolute atomic E-state index is 0.127. The molecule has 0 radical (unpaired) electrons. The first kappa shape index (κ1) is 16.7. The van der Waals surface area contributed by atoms with E-state index in [1.165, 1.54) is 0 Å². The van der Waals surface area contributed by atoms with Gasteiger partial charge < -0.3 is 14.9 Å². The van der Waals surface area contributed by atoms with Crippen molar-refractivity contribution in [1.82, 2.24) is 19.4 Å². The van der Waals surface area contributed by atoms with Crippen molar-refractivity contribution in [3.63, 3.8) is 0 Å². The second kappa shape index (κ2) is 6.87. The Balaban J connectivity index is 1.85. The van der Waals surface area contributed by atoms with Gasteiger partial charge in [0.15, 0.2) is 0 Å². The summed E-state index contributed by atoms with van der Waals surface area (Å²) in [5.41, 5.74) is 10.1. The molecule has 0 bridgehead atoms. The van der Waals surface area contributed by atoms with Crippen LogP contribution in [0.25, 0.3) is 28.2 Å². The fraction of sp³-hybridized carbons (Fsp3) is 0.100. The highest BCUT2D eigenvalue weighted by Crippen LogP contribution is 2.30. The SMILES string of the molecule is COc1cccc(-c2ncccc2-c2ccc3ncc(CC(N)=O)n3c2)n1. The van der Waals surface area contributed by atoms with Crippen molar-refractivity contribution in [2.24, 2.45) is 5.73 Å². The second-order valence-electron chi connectivity index (χ2n) is 6.00. The Bertz CT molecular complexity index is 1140. The van der Waals surface area contributed by atoms with Gasteiger partial charge >= 0.3 is 0 Å². The summed E-state index contributed by atoms with van der Waals surface area (Å²) in [5.74, 6) is 0.128. The van der Waals surface area contributed by atoms with Crippen molar-refractivity contribution in [2.75, 3.05) is 7.11 Å². The summed E-state index contributed by atoms with van der Waals surface area (Å²) >= 11 is 0. The van der Waals surface area contributed by atoms with Crippen LogP contribution in [0.2, 0.25) is 0 Å². The van der Waals surface area contributed by atoms with Gasteiger partial charge in [-0.1, -0.05) is 12.1 Å². The van der Waals surface area contributed by atoms with Gasteiger partial charge in [0.25, 0.3) is 0 Å². The topological polar surface area (TPSA) is 95.4 Å². The quantitative estimate of drug-likeness (QED) is 0.591. The first-order valence-corrected chi connectivity index (χ1v) is 8.37. The summed E-state index contributed by atoms with van der Waals surface area (Å²) in [6, 6.07) is 13.3. The van der Waals surface area contributed by atoms with Gasteiger partial charge in [0.1, 0.15) is 5.65 Å². The molecule has 0 aliphatic heterocycles. The van der Waals surface area contributed by atoms with Crippen molar-refractivity contribution >= 4 is 11.6 Å². The number of hydrogen-bond donors (Lipinski definition) is 1. The van der Waals surface area contributed by atoms with E-state index in [-0.39, 0.29) is 6.42 Å². The Kier molecular flexibility index (Phi) is 4.25. The van der Waals surface area contributed by atoms with Crippen LogP contribution >= 0.6 is 0 Å². The number of imidazole rings is 1. The van der Waals surface area contributed by atoms with Crippen molar-refractivity contribution < 1.29 is 9.53 Å². The average molecular weight is 359 g/mol. The maximum atomic E-state index is 11.3. The third-order valence-corrected chi connectivity index (χ3v) is 4.23. The molecule has 4 rings (SSSR count). The molecule has 4 aromatic heterocycles. The number of methoxy groups -OCH3 is 1. The number of fused-ring (bicyclic) bond motifs is 1. The predicted octanol–water partition coefficient (Wildman–Crippen LogP) is 2.49. The molecule has 1 amide bonds. The number of pyridine rings is 3. The Hall–Kier alpha value is -3.74. The first-order valence-electron chi connectivity index (χ1n) is 8.37. The summed E-state index contributed by atoms with van der Waals surface area (Å²) in [4.78, 5) is 24.7. The van der Waals surface area contributed by atoms with Crippen LogP contribution in [-0.4, -0.2) is 32.4 Å². The molecule has 0 saturated heterocycles. The van der Waals surface area contributed by atoms with Crippen LogP contribution in [0.4, 0.5) is 0 Å². The van der Waals surface area contributed by atoms with E-state index in [2.05, 4.69) is 15.0 Å². The highest BCUT2D eigenvalue weighted by molar-refractivity contribution is 5.80. The molecule has 0 aliphatic carbocycles. The molecule has 27 heavy (non-hydrogen) atoms. The molecule has 0 atom stereocenters. The van der Waals surface area contributed by atoms with E-state index < -0.39 is 5.91 Å². The van der Waals surface area contributed by atoms with E-state index >= 15 is 0 Å². The monoisotopic (exact) mass is 359 g/mol. The molecule has 134 valence electrons. The molecule has 7 heteroatoms. The fourth-order valence-corrected chi connectivity index (χ4v) is 3.00. The smallest absolute Gasteiger partial charge is 0.223 e. The molecule has 0 fully saturated rings. The summed E-state index contributed by atoms with van der Waals surface area (Å²) in [5, 5.41) is 0. The van der Waals surface area contributed by atoms with Crippen molar-refractivity contribution in [1.29, 1.82) is 0 Å². The Morgan fingerprint density at radius 2 is 2.04 bits per heavy atom. The van der Waals surface area contributed by atoms with E-state index in [0.717, 1.165) is 28.2 Å². The Labute approximate surface area is 155 Å². The van der Waals surface area contributed by atoms with Crippen LogP contribution in [0.3, 0.4) is 0 Å². The molecule has 0 unspecified atom stereocenters. The fourth-order valence-electron chi connectivity index (χ4n) is 3.00. The van der Waals surface area contributed by atoms with Gasteiger partial charge in [-0.2, -0.15) is 0 Å². The third-order valence-electron chi connectivity index (χ3n) is 4.23. The average Bonchev–Trinajstić information content (AvgIpc) is 3.09. The maximum Gasteiger partial charge on any atom is 0.223 e. The minimum Gasteiger partial charge on any atom is -0.481 e. The third kappa shape index (κ3) is 3.22. The van der Waals surface area contributed by atoms with Crippen LogP contribution in [0.5, 0.6) is 5.88 Å². The van der Waals surface area contributed by atoms with Gasteiger partial charge in [0, 0.05) is 35.8 Å². The van der Waals surface area contributed by atoms with Crippen molar-refractivity contribution in [2.45, 2.75) is 6.42 Å². The minimum atomic E-state index is -0.398. The summed E-state index contributed by atoms with van der Waals surface area (Å²) in [6.45, 7) is 0. The number of aromatic nitrogens is 4. The van der Waals surface area contributed by atoms with E-state index in [9.17, 15) is 4.79 Å². The normalized spacial score (nSPS) is 10.9. The molecule has 2 N–H and O–H groups in total. The van der Waals surface area contributed by atoms with Gasteiger partial charge in [0.2, 0.25) is 11.8 Å². The van der Waals surface area contributed by atoms with Crippen LogP contribution < -0.4 is 10.5 Å². The maximum absolute atomic E-state index is 11.3. The zero-order valence-electron chi connectivity index (χ0n) is 14.7. The van der Waals surface area contributed by atoms with Crippen LogP contribution in [-0.2, 0) is 11.2 Å². The lowest BCUT2D eigenvalue weighted by atomic mass is 10.0. The van der Waals surface area contributed by atoms with Gasteiger partial charge in [-0.3, -0.25) is 9.78 Å². The summed E-state index contributed by atoms with van der Waals surface area (Å²) < 4.78 is 7.10. The van der Waals surface area contributed by atoms with Crippen LogP contribution in [0.15, 0.2) is 61.1 Å². The number of ether oxygens (including phenoxy) is 1. The highest BCUT2D eigenvalue weighted by Gasteiger charge is 2.13. The number of carbonyl (C=O) groups is 1. The summed E-state index contributed by atoms with van der Waals surface area (Å²) in [7, 11) is 1.58. The van der Waals surface area contributed by atoms with E-state index in [0.29, 0.717) is 11.6 Å². The van der Waals surface area contributed by atoms with E-state index in [4.69, 9.17) is 10.5 Å². The molecular formula is C20H17N5O2. The Morgan fingerprint density at radius 1 is 1.15 bits per heavy atom. The molecule has 4 heterocycles. The van der Waals surface area contributed by atoms with Crippen LogP contribution in [0, 0.1) is 0 Å². The number of carbonyl (C=O) groups excluding carboxylic acids is 1.